The van der Waals surface area contributed by atoms with Gasteiger partial charge in [-0.05, 0) is 18.2 Å². The van der Waals surface area contributed by atoms with Gasteiger partial charge < -0.3 is 14.8 Å². The Bertz CT molecular complexity index is 1100. The second-order valence-corrected chi connectivity index (χ2v) is 6.63. The smallest absolute Gasteiger partial charge is 0.269 e. The predicted octanol–water partition coefficient (Wildman–Crippen LogP) is 1.56. The van der Waals surface area contributed by atoms with Gasteiger partial charge in [0.1, 0.15) is 11.5 Å². The summed E-state index contributed by atoms with van der Waals surface area (Å²) in [5.41, 5.74) is -0.194. The summed E-state index contributed by atoms with van der Waals surface area (Å²) >= 11 is 0. The number of benzene rings is 2. The molecular formula is C16H14N2O5S. The number of aromatic amines is 1. The van der Waals surface area contributed by atoms with E-state index in [2.05, 4.69) is 4.98 Å². The third-order valence-electron chi connectivity index (χ3n) is 3.64. The quantitative estimate of drug-likeness (QED) is 0.664. The Morgan fingerprint density at radius 1 is 1.17 bits per heavy atom. The SMILES string of the molecule is COc1ccc(-c2c(S(N)(=O)=O)c(=O)[nH]c3ccccc23)c(O)c1. The molecule has 4 N–H and O–H groups in total. The Labute approximate surface area is 137 Å². The van der Waals surface area contributed by atoms with Crippen LogP contribution in [0.25, 0.3) is 22.0 Å². The van der Waals surface area contributed by atoms with Crippen LogP contribution in [-0.4, -0.2) is 25.6 Å². The number of phenols is 1. The van der Waals surface area contributed by atoms with Gasteiger partial charge >= 0.3 is 0 Å². The van der Waals surface area contributed by atoms with Gasteiger partial charge in [0.25, 0.3) is 5.56 Å². The van der Waals surface area contributed by atoms with Crippen molar-refractivity contribution in [2.75, 3.05) is 7.11 Å². The molecule has 0 fully saturated rings. The van der Waals surface area contributed by atoms with E-state index in [9.17, 15) is 18.3 Å². The molecule has 0 spiro atoms. The molecule has 1 heterocycles. The molecule has 0 saturated carbocycles. The van der Waals surface area contributed by atoms with Gasteiger partial charge in [0.15, 0.2) is 4.90 Å². The summed E-state index contributed by atoms with van der Waals surface area (Å²) in [5, 5.41) is 16.0. The van der Waals surface area contributed by atoms with E-state index in [-0.39, 0.29) is 16.9 Å². The molecule has 3 aromatic rings. The molecule has 0 atom stereocenters. The van der Waals surface area contributed by atoms with Gasteiger partial charge in [-0.2, -0.15) is 0 Å². The normalized spacial score (nSPS) is 11.6. The minimum Gasteiger partial charge on any atom is -0.507 e. The minimum atomic E-state index is -4.32. The van der Waals surface area contributed by atoms with E-state index < -0.39 is 20.5 Å². The average molecular weight is 346 g/mol. The highest BCUT2D eigenvalue weighted by molar-refractivity contribution is 7.89. The second-order valence-electron chi connectivity index (χ2n) is 5.13. The van der Waals surface area contributed by atoms with Crippen molar-refractivity contribution in [2.24, 2.45) is 5.14 Å². The molecule has 0 aliphatic heterocycles. The first kappa shape index (κ1) is 16.0. The number of nitrogens with one attached hydrogen (secondary N) is 1. The first-order valence-electron chi connectivity index (χ1n) is 6.88. The van der Waals surface area contributed by atoms with Crippen LogP contribution in [0.1, 0.15) is 0 Å². The van der Waals surface area contributed by atoms with E-state index >= 15 is 0 Å². The van der Waals surface area contributed by atoms with Gasteiger partial charge in [0, 0.05) is 28.1 Å². The van der Waals surface area contributed by atoms with Crippen LogP contribution in [0.3, 0.4) is 0 Å². The van der Waals surface area contributed by atoms with Crippen molar-refractivity contribution in [1.29, 1.82) is 0 Å². The molecule has 0 aliphatic rings. The largest absolute Gasteiger partial charge is 0.507 e. The molecule has 24 heavy (non-hydrogen) atoms. The van der Waals surface area contributed by atoms with Crippen LogP contribution in [0.15, 0.2) is 52.2 Å². The number of pyridine rings is 1. The van der Waals surface area contributed by atoms with E-state index in [1.165, 1.54) is 19.2 Å². The summed E-state index contributed by atoms with van der Waals surface area (Å²) in [6, 6.07) is 11.0. The molecule has 8 heteroatoms. The zero-order valence-electron chi connectivity index (χ0n) is 12.6. The fourth-order valence-corrected chi connectivity index (χ4v) is 3.43. The van der Waals surface area contributed by atoms with Crippen LogP contribution in [0.5, 0.6) is 11.5 Å². The summed E-state index contributed by atoms with van der Waals surface area (Å²) < 4.78 is 29.0. The molecule has 0 bridgehead atoms. The first-order valence-corrected chi connectivity index (χ1v) is 8.42. The van der Waals surface area contributed by atoms with Gasteiger partial charge in [-0.25, -0.2) is 13.6 Å². The van der Waals surface area contributed by atoms with Crippen molar-refractivity contribution in [3.63, 3.8) is 0 Å². The Balaban J connectivity index is 2.52. The highest BCUT2D eigenvalue weighted by Gasteiger charge is 2.24. The van der Waals surface area contributed by atoms with Crippen molar-refractivity contribution in [1.82, 2.24) is 4.98 Å². The molecular weight excluding hydrogens is 332 g/mol. The number of aromatic hydroxyl groups is 1. The van der Waals surface area contributed by atoms with Crippen LogP contribution >= 0.6 is 0 Å². The van der Waals surface area contributed by atoms with Crippen molar-refractivity contribution in [2.45, 2.75) is 4.90 Å². The van der Waals surface area contributed by atoms with Crippen LogP contribution in [-0.2, 0) is 10.0 Å². The zero-order chi connectivity index (χ0) is 17.5. The van der Waals surface area contributed by atoms with Gasteiger partial charge in [0.2, 0.25) is 10.0 Å². The van der Waals surface area contributed by atoms with E-state index in [0.29, 0.717) is 16.7 Å². The Hall–Kier alpha value is -2.84. The fraction of sp³-hybridized carbons (Fsp3) is 0.0625. The van der Waals surface area contributed by atoms with Gasteiger partial charge in [0.05, 0.1) is 7.11 Å². The number of para-hydroxylation sites is 1. The molecule has 3 rings (SSSR count). The highest BCUT2D eigenvalue weighted by Crippen LogP contribution is 2.38. The molecule has 1 aromatic heterocycles. The number of aromatic nitrogens is 1. The van der Waals surface area contributed by atoms with Crippen LogP contribution in [0.2, 0.25) is 0 Å². The van der Waals surface area contributed by atoms with Crippen molar-refractivity contribution >= 4 is 20.9 Å². The Kier molecular flexibility index (Phi) is 3.78. The van der Waals surface area contributed by atoms with Gasteiger partial charge in [-0.1, -0.05) is 18.2 Å². The lowest BCUT2D eigenvalue weighted by molar-refractivity contribution is 0.408. The van der Waals surface area contributed by atoms with Crippen LogP contribution in [0.4, 0.5) is 0 Å². The maximum absolute atomic E-state index is 12.3. The number of hydrogen-bond donors (Lipinski definition) is 3. The number of sulfonamides is 1. The topological polar surface area (TPSA) is 122 Å². The van der Waals surface area contributed by atoms with Crippen LogP contribution in [0, 0.1) is 0 Å². The number of hydrogen-bond acceptors (Lipinski definition) is 5. The van der Waals surface area contributed by atoms with Crippen molar-refractivity contribution < 1.29 is 18.3 Å². The lowest BCUT2D eigenvalue weighted by Crippen LogP contribution is -2.24. The van der Waals surface area contributed by atoms with E-state index in [4.69, 9.17) is 9.88 Å². The van der Waals surface area contributed by atoms with Gasteiger partial charge in [-0.15, -0.1) is 0 Å². The molecule has 0 aliphatic carbocycles. The fourth-order valence-electron chi connectivity index (χ4n) is 2.61. The number of primary sulfonamides is 1. The first-order chi connectivity index (χ1) is 11.3. The summed E-state index contributed by atoms with van der Waals surface area (Å²) in [7, 11) is -2.88. The molecule has 2 aromatic carbocycles. The number of nitrogens with two attached hydrogens (primary N) is 1. The third kappa shape index (κ3) is 2.61. The number of fused-ring (bicyclic) bond motifs is 1. The van der Waals surface area contributed by atoms with E-state index in [1.54, 1.807) is 30.3 Å². The molecule has 0 radical (unpaired) electrons. The van der Waals surface area contributed by atoms with Crippen LogP contribution < -0.4 is 15.4 Å². The molecule has 0 amide bonds. The number of phenolic OH excluding ortho intramolecular Hbond substituents is 1. The van der Waals surface area contributed by atoms with Crippen molar-refractivity contribution in [3.05, 3.63) is 52.8 Å². The Morgan fingerprint density at radius 2 is 1.88 bits per heavy atom. The minimum absolute atomic E-state index is 0.0528. The summed E-state index contributed by atoms with van der Waals surface area (Å²) in [5.74, 6) is 0.164. The highest BCUT2D eigenvalue weighted by atomic mass is 32.2. The Morgan fingerprint density at radius 3 is 2.50 bits per heavy atom. The summed E-state index contributed by atoms with van der Waals surface area (Å²) in [6.07, 6.45) is 0. The monoisotopic (exact) mass is 346 g/mol. The summed E-state index contributed by atoms with van der Waals surface area (Å²) in [6.45, 7) is 0. The lowest BCUT2D eigenvalue weighted by Gasteiger charge is -2.13. The predicted molar refractivity (Wildman–Crippen MR) is 89.6 cm³/mol. The molecule has 0 unspecified atom stereocenters. The molecule has 124 valence electrons. The number of ether oxygens (including phenoxy) is 1. The van der Waals surface area contributed by atoms with E-state index in [0.717, 1.165) is 0 Å². The number of rotatable bonds is 3. The maximum atomic E-state index is 12.3. The average Bonchev–Trinajstić information content (AvgIpc) is 2.52. The lowest BCUT2D eigenvalue weighted by atomic mass is 10.00. The zero-order valence-corrected chi connectivity index (χ0v) is 13.4. The molecule has 0 saturated heterocycles. The second kappa shape index (κ2) is 5.66. The van der Waals surface area contributed by atoms with Gasteiger partial charge in [-0.3, -0.25) is 4.79 Å². The van der Waals surface area contributed by atoms with Crippen molar-refractivity contribution in [3.8, 4) is 22.6 Å². The number of H-pyrrole nitrogens is 1. The summed E-state index contributed by atoms with van der Waals surface area (Å²) in [4.78, 5) is 14.2. The third-order valence-corrected chi connectivity index (χ3v) is 4.60. The number of methoxy groups -OCH3 is 1. The molecule has 7 nitrogen and oxygen atoms in total. The standard InChI is InChI=1S/C16H14N2O5S/c1-23-9-6-7-11(13(19)8-9)14-10-4-2-3-5-12(10)18-16(20)15(14)24(17,21)22/h2-8,19H,1H3,(H,18,20)(H2,17,21,22). The maximum Gasteiger partial charge on any atom is 0.269 e. The van der Waals surface area contributed by atoms with E-state index in [1.807, 2.05) is 0 Å².